The molecule has 0 bridgehead atoms. The van der Waals surface area contributed by atoms with E-state index in [0.717, 1.165) is 0 Å². The van der Waals surface area contributed by atoms with E-state index in [1.165, 1.54) is 0 Å². The first-order chi connectivity index (χ1) is 10.3. The highest BCUT2D eigenvalue weighted by molar-refractivity contribution is 6.29. The Morgan fingerprint density at radius 1 is 0.810 bits per heavy atom. The van der Waals surface area contributed by atoms with Gasteiger partial charge in [-0.1, -0.05) is 36.4 Å². The fourth-order valence-corrected chi connectivity index (χ4v) is 2.74. The van der Waals surface area contributed by atoms with Crippen molar-refractivity contribution in [1.29, 1.82) is 0 Å². The molecule has 4 nitrogen and oxygen atoms in total. The number of ketones is 2. The van der Waals surface area contributed by atoms with Crippen molar-refractivity contribution < 1.29 is 9.59 Å². The first-order valence-corrected chi connectivity index (χ1v) is 6.57. The number of carbonyl (C=O) groups excluding carboxylic acids is 2. The first kappa shape index (κ1) is 11.8. The number of nitrogens with zero attached hydrogens (tertiary/aromatic N) is 2. The van der Waals surface area contributed by atoms with Crippen LogP contribution >= 0.6 is 0 Å². The Kier molecular flexibility index (Phi) is 2.38. The molecule has 0 amide bonds. The number of hydrogen-bond acceptors (Lipinski definition) is 3. The third kappa shape index (κ3) is 1.59. The highest BCUT2D eigenvalue weighted by atomic mass is 16.1. The van der Waals surface area contributed by atoms with Crippen LogP contribution in [0.15, 0.2) is 61.2 Å². The second kappa shape index (κ2) is 4.24. The van der Waals surface area contributed by atoms with Crippen LogP contribution in [0.3, 0.4) is 0 Å². The lowest BCUT2D eigenvalue weighted by atomic mass is 9.83. The van der Waals surface area contributed by atoms with E-state index in [2.05, 4.69) is 4.98 Å². The largest absolute Gasteiger partial charge is 0.306 e. The predicted octanol–water partition coefficient (Wildman–Crippen LogP) is 2.65. The molecule has 1 aliphatic carbocycles. The molecule has 4 heteroatoms. The van der Waals surface area contributed by atoms with E-state index in [1.54, 1.807) is 59.7 Å². The number of aromatic nitrogens is 2. The van der Waals surface area contributed by atoms with Gasteiger partial charge in [-0.3, -0.25) is 9.59 Å². The summed E-state index contributed by atoms with van der Waals surface area (Å²) in [7, 11) is 0. The molecule has 1 aliphatic rings. The second-order valence-corrected chi connectivity index (χ2v) is 4.87. The van der Waals surface area contributed by atoms with Crippen LogP contribution in [0.2, 0.25) is 0 Å². The van der Waals surface area contributed by atoms with Crippen molar-refractivity contribution >= 4 is 11.6 Å². The lowest BCUT2D eigenvalue weighted by Crippen LogP contribution is -2.22. The minimum Gasteiger partial charge on any atom is -0.306 e. The van der Waals surface area contributed by atoms with E-state index in [1.807, 2.05) is 6.07 Å². The van der Waals surface area contributed by atoms with Crippen LogP contribution in [0.1, 0.15) is 31.8 Å². The van der Waals surface area contributed by atoms with Gasteiger partial charge in [0.05, 0.1) is 17.6 Å². The third-order valence-electron chi connectivity index (χ3n) is 3.71. The number of benzene rings is 2. The molecule has 0 N–H and O–H groups in total. The summed E-state index contributed by atoms with van der Waals surface area (Å²) in [5, 5.41) is 0. The summed E-state index contributed by atoms with van der Waals surface area (Å²) in [6.45, 7) is 0. The quantitative estimate of drug-likeness (QED) is 0.536. The zero-order valence-electron chi connectivity index (χ0n) is 11.0. The third-order valence-corrected chi connectivity index (χ3v) is 3.71. The van der Waals surface area contributed by atoms with Gasteiger partial charge in [0, 0.05) is 29.1 Å². The molecule has 100 valence electrons. The van der Waals surface area contributed by atoms with E-state index >= 15 is 0 Å². The fraction of sp³-hybridized carbons (Fsp3) is 0. The number of imidazole rings is 1. The Morgan fingerprint density at radius 2 is 1.52 bits per heavy atom. The molecule has 0 radical (unpaired) electrons. The van der Waals surface area contributed by atoms with Crippen LogP contribution in [0.5, 0.6) is 0 Å². The average Bonchev–Trinajstić information content (AvgIpc) is 3.06. The molecule has 3 aromatic rings. The van der Waals surface area contributed by atoms with Gasteiger partial charge >= 0.3 is 0 Å². The molecular formula is C17H10N2O2. The highest BCUT2D eigenvalue weighted by Crippen LogP contribution is 2.30. The Bertz CT molecular complexity index is 880. The highest BCUT2D eigenvalue weighted by Gasteiger charge is 2.31. The maximum absolute atomic E-state index is 12.8. The summed E-state index contributed by atoms with van der Waals surface area (Å²) in [6.07, 6.45) is 5.02. The summed E-state index contributed by atoms with van der Waals surface area (Å²) in [5.74, 6) is -0.230. The van der Waals surface area contributed by atoms with Gasteiger partial charge in [-0.05, 0) is 6.07 Å². The van der Waals surface area contributed by atoms with Crippen LogP contribution < -0.4 is 0 Å². The summed E-state index contributed by atoms with van der Waals surface area (Å²) in [5.41, 5.74) is 2.50. The normalized spacial score (nSPS) is 13.0. The lowest BCUT2D eigenvalue weighted by molar-refractivity contribution is 0.0979. The molecule has 4 rings (SSSR count). The molecule has 1 aromatic heterocycles. The molecule has 0 saturated carbocycles. The Balaban J connectivity index is 2.04. The lowest BCUT2D eigenvalue weighted by Gasteiger charge is -2.20. The first-order valence-electron chi connectivity index (χ1n) is 6.57. The fourth-order valence-electron chi connectivity index (χ4n) is 2.74. The molecule has 0 atom stereocenters. The van der Waals surface area contributed by atoms with Gasteiger partial charge in [-0.25, -0.2) is 4.98 Å². The summed E-state index contributed by atoms with van der Waals surface area (Å²) in [4.78, 5) is 29.4. The van der Waals surface area contributed by atoms with Crippen molar-refractivity contribution in [1.82, 2.24) is 9.55 Å². The van der Waals surface area contributed by atoms with Crippen molar-refractivity contribution in [3.63, 3.8) is 0 Å². The van der Waals surface area contributed by atoms with E-state index in [0.29, 0.717) is 27.9 Å². The maximum Gasteiger partial charge on any atom is 0.196 e. The maximum atomic E-state index is 12.8. The molecule has 0 fully saturated rings. The van der Waals surface area contributed by atoms with Gasteiger partial charge in [-0.15, -0.1) is 0 Å². The molecule has 1 heterocycles. The van der Waals surface area contributed by atoms with Crippen LogP contribution in [0, 0.1) is 0 Å². The van der Waals surface area contributed by atoms with Crippen molar-refractivity contribution in [2.24, 2.45) is 0 Å². The van der Waals surface area contributed by atoms with Crippen molar-refractivity contribution in [3.8, 4) is 5.69 Å². The molecule has 0 saturated heterocycles. The van der Waals surface area contributed by atoms with E-state index in [4.69, 9.17) is 0 Å². The molecule has 0 unspecified atom stereocenters. The summed E-state index contributed by atoms with van der Waals surface area (Å²) < 4.78 is 1.75. The van der Waals surface area contributed by atoms with Crippen LogP contribution in [0.4, 0.5) is 0 Å². The zero-order valence-corrected chi connectivity index (χ0v) is 11.0. The summed E-state index contributed by atoms with van der Waals surface area (Å²) in [6, 6.07) is 12.2. The van der Waals surface area contributed by atoms with Crippen molar-refractivity contribution in [3.05, 3.63) is 83.4 Å². The van der Waals surface area contributed by atoms with Gasteiger partial charge in [0.15, 0.2) is 11.6 Å². The van der Waals surface area contributed by atoms with Crippen molar-refractivity contribution in [2.75, 3.05) is 0 Å². The summed E-state index contributed by atoms with van der Waals surface area (Å²) >= 11 is 0. The molecule has 21 heavy (non-hydrogen) atoms. The smallest absolute Gasteiger partial charge is 0.196 e. The number of hydrogen-bond donors (Lipinski definition) is 0. The van der Waals surface area contributed by atoms with Gasteiger partial charge in [0.2, 0.25) is 0 Å². The Labute approximate surface area is 120 Å². The Morgan fingerprint density at radius 3 is 2.24 bits per heavy atom. The second-order valence-electron chi connectivity index (χ2n) is 4.87. The van der Waals surface area contributed by atoms with Crippen LogP contribution in [0.25, 0.3) is 5.69 Å². The average molecular weight is 274 g/mol. The van der Waals surface area contributed by atoms with Gasteiger partial charge in [0.1, 0.15) is 0 Å². The molecule has 2 aromatic carbocycles. The monoisotopic (exact) mass is 274 g/mol. The van der Waals surface area contributed by atoms with E-state index in [9.17, 15) is 9.59 Å². The number of carbonyl (C=O) groups is 2. The standard InChI is InChI=1S/C17H10N2O2/c20-16-11-4-1-2-5-12(11)17(21)15-13(16)6-3-7-14(15)19-9-8-18-10-19/h1-10H. The predicted molar refractivity (Wildman–Crippen MR) is 76.9 cm³/mol. The molecular weight excluding hydrogens is 264 g/mol. The molecule has 0 aliphatic heterocycles. The number of fused-ring (bicyclic) bond motifs is 2. The van der Waals surface area contributed by atoms with Gasteiger partial charge < -0.3 is 4.57 Å². The minimum absolute atomic E-state index is 0.109. The van der Waals surface area contributed by atoms with Crippen LogP contribution in [-0.2, 0) is 0 Å². The van der Waals surface area contributed by atoms with Crippen LogP contribution in [-0.4, -0.2) is 21.1 Å². The Hall–Kier alpha value is -3.01. The van der Waals surface area contributed by atoms with Gasteiger partial charge in [0.25, 0.3) is 0 Å². The zero-order chi connectivity index (χ0) is 14.4. The van der Waals surface area contributed by atoms with E-state index in [-0.39, 0.29) is 11.6 Å². The van der Waals surface area contributed by atoms with Gasteiger partial charge in [-0.2, -0.15) is 0 Å². The van der Waals surface area contributed by atoms with Crippen molar-refractivity contribution in [2.45, 2.75) is 0 Å². The number of rotatable bonds is 1. The minimum atomic E-state index is -0.121. The van der Waals surface area contributed by atoms with E-state index < -0.39 is 0 Å². The SMILES string of the molecule is O=C1c2ccccc2C(=O)c2c1cccc2-n1ccnc1. The topological polar surface area (TPSA) is 52.0 Å². The molecule has 0 spiro atoms.